The first-order valence-corrected chi connectivity index (χ1v) is 6.71. The first-order chi connectivity index (χ1) is 9.19. The third kappa shape index (κ3) is 3.69. The van der Waals surface area contributed by atoms with Crippen molar-refractivity contribution in [3.05, 3.63) is 40.3 Å². The van der Waals surface area contributed by atoms with Gasteiger partial charge in [0.2, 0.25) is 5.01 Å². The molecule has 2 rings (SSSR count). The van der Waals surface area contributed by atoms with Crippen molar-refractivity contribution < 1.29 is 14.6 Å². The number of thiazole rings is 1. The van der Waals surface area contributed by atoms with Gasteiger partial charge in [-0.25, -0.2) is 9.78 Å². The number of aromatic carboxylic acids is 1. The number of hydrogen-bond donors (Lipinski definition) is 2. The molecule has 19 heavy (non-hydrogen) atoms. The Morgan fingerprint density at radius 1 is 1.53 bits per heavy atom. The van der Waals surface area contributed by atoms with Crippen LogP contribution in [0.25, 0.3) is 0 Å². The lowest BCUT2D eigenvalue weighted by Gasteiger charge is -2.07. The van der Waals surface area contributed by atoms with E-state index in [1.165, 1.54) is 0 Å². The standard InChI is InChI=1S/C13H14N2O3S/c1-2-18-11-5-3-4-9(6-11)14-7-10-8-19-12(15-10)13(16)17/h3-6,8,14H,2,7H2,1H3,(H,16,17). The number of carboxylic acid groups (broad SMARTS) is 1. The van der Waals surface area contributed by atoms with Crippen molar-refractivity contribution in [2.24, 2.45) is 0 Å². The van der Waals surface area contributed by atoms with Crippen LogP contribution in [0.1, 0.15) is 22.4 Å². The third-order valence-corrected chi connectivity index (χ3v) is 3.23. The van der Waals surface area contributed by atoms with Crippen LogP contribution < -0.4 is 10.1 Å². The van der Waals surface area contributed by atoms with E-state index >= 15 is 0 Å². The lowest BCUT2D eigenvalue weighted by molar-refractivity contribution is 0.0696. The predicted octanol–water partition coefficient (Wildman–Crippen LogP) is 2.85. The van der Waals surface area contributed by atoms with Crippen LogP contribution in [0.15, 0.2) is 29.6 Å². The number of benzene rings is 1. The van der Waals surface area contributed by atoms with Crippen LogP contribution in [0.4, 0.5) is 5.69 Å². The summed E-state index contributed by atoms with van der Waals surface area (Å²) < 4.78 is 5.40. The van der Waals surface area contributed by atoms with Gasteiger partial charge in [-0.3, -0.25) is 0 Å². The Bertz CT molecular complexity index is 569. The minimum absolute atomic E-state index is 0.111. The number of rotatable bonds is 6. The van der Waals surface area contributed by atoms with Gasteiger partial charge in [0.05, 0.1) is 18.8 Å². The minimum atomic E-state index is -0.991. The number of nitrogens with zero attached hydrogens (tertiary/aromatic N) is 1. The first kappa shape index (κ1) is 13.4. The van der Waals surface area contributed by atoms with Gasteiger partial charge in [0, 0.05) is 17.1 Å². The van der Waals surface area contributed by atoms with E-state index in [1.807, 2.05) is 31.2 Å². The van der Waals surface area contributed by atoms with Crippen molar-refractivity contribution in [3.63, 3.8) is 0 Å². The monoisotopic (exact) mass is 278 g/mol. The van der Waals surface area contributed by atoms with Crippen molar-refractivity contribution >= 4 is 23.0 Å². The van der Waals surface area contributed by atoms with E-state index in [1.54, 1.807) is 5.38 Å². The van der Waals surface area contributed by atoms with E-state index in [0.29, 0.717) is 18.8 Å². The molecule has 100 valence electrons. The van der Waals surface area contributed by atoms with E-state index in [9.17, 15) is 4.79 Å². The van der Waals surface area contributed by atoms with Gasteiger partial charge in [-0.1, -0.05) is 6.07 Å². The molecule has 0 radical (unpaired) electrons. The normalized spacial score (nSPS) is 10.2. The van der Waals surface area contributed by atoms with Gasteiger partial charge >= 0.3 is 5.97 Å². The summed E-state index contributed by atoms with van der Waals surface area (Å²) in [6.45, 7) is 3.04. The highest BCUT2D eigenvalue weighted by Crippen LogP contribution is 2.18. The van der Waals surface area contributed by atoms with Crippen LogP contribution in [0, 0.1) is 0 Å². The summed E-state index contributed by atoms with van der Waals surface area (Å²) in [4.78, 5) is 14.7. The van der Waals surface area contributed by atoms with Crippen molar-refractivity contribution in [2.75, 3.05) is 11.9 Å². The third-order valence-electron chi connectivity index (χ3n) is 2.35. The van der Waals surface area contributed by atoms with E-state index in [2.05, 4.69) is 10.3 Å². The van der Waals surface area contributed by atoms with Gasteiger partial charge in [0.15, 0.2) is 0 Å². The number of carboxylic acids is 1. The number of carbonyl (C=O) groups is 1. The smallest absolute Gasteiger partial charge is 0.365 e. The van der Waals surface area contributed by atoms with Gasteiger partial charge in [-0.15, -0.1) is 11.3 Å². The Hall–Kier alpha value is -2.08. The van der Waals surface area contributed by atoms with Crippen molar-refractivity contribution in [3.8, 4) is 5.75 Å². The lowest BCUT2D eigenvalue weighted by atomic mass is 10.3. The van der Waals surface area contributed by atoms with Gasteiger partial charge in [-0.2, -0.15) is 0 Å². The maximum absolute atomic E-state index is 10.7. The average Bonchev–Trinajstić information content (AvgIpc) is 2.86. The van der Waals surface area contributed by atoms with E-state index in [-0.39, 0.29) is 5.01 Å². The van der Waals surface area contributed by atoms with E-state index in [4.69, 9.17) is 9.84 Å². The van der Waals surface area contributed by atoms with Gasteiger partial charge < -0.3 is 15.2 Å². The second-order valence-electron chi connectivity index (χ2n) is 3.76. The van der Waals surface area contributed by atoms with Gasteiger partial charge in [0.25, 0.3) is 0 Å². The molecule has 0 spiro atoms. The second kappa shape index (κ2) is 6.19. The van der Waals surface area contributed by atoms with Gasteiger partial charge in [-0.05, 0) is 19.1 Å². The molecule has 6 heteroatoms. The highest BCUT2D eigenvalue weighted by molar-refractivity contribution is 7.11. The summed E-state index contributed by atoms with van der Waals surface area (Å²) >= 11 is 1.13. The summed E-state index contributed by atoms with van der Waals surface area (Å²) in [6, 6.07) is 7.61. The highest BCUT2D eigenvalue weighted by atomic mass is 32.1. The fourth-order valence-corrected chi connectivity index (χ4v) is 2.20. The molecule has 5 nitrogen and oxygen atoms in total. The maximum atomic E-state index is 10.7. The molecule has 2 N–H and O–H groups in total. The summed E-state index contributed by atoms with van der Waals surface area (Å²) in [7, 11) is 0. The van der Waals surface area contributed by atoms with Crippen LogP contribution in [0.3, 0.4) is 0 Å². The van der Waals surface area contributed by atoms with E-state index < -0.39 is 5.97 Å². The molecule has 1 aromatic heterocycles. The van der Waals surface area contributed by atoms with E-state index in [0.717, 1.165) is 22.8 Å². The topological polar surface area (TPSA) is 71.5 Å². The molecular formula is C13H14N2O3S. The molecule has 0 bridgehead atoms. The summed E-state index contributed by atoms with van der Waals surface area (Å²) in [5.41, 5.74) is 1.63. The molecular weight excluding hydrogens is 264 g/mol. The summed E-state index contributed by atoms with van der Waals surface area (Å²) in [6.07, 6.45) is 0. The Balaban J connectivity index is 1.97. The zero-order valence-electron chi connectivity index (χ0n) is 10.4. The SMILES string of the molecule is CCOc1cccc(NCc2csc(C(=O)O)n2)c1. The number of ether oxygens (including phenoxy) is 1. The maximum Gasteiger partial charge on any atom is 0.365 e. The van der Waals surface area contributed by atoms with Crippen LogP contribution >= 0.6 is 11.3 Å². The Morgan fingerprint density at radius 3 is 3.05 bits per heavy atom. The Kier molecular flexibility index (Phi) is 4.35. The molecule has 0 amide bonds. The molecule has 0 saturated carbocycles. The largest absolute Gasteiger partial charge is 0.494 e. The van der Waals surface area contributed by atoms with Gasteiger partial charge in [0.1, 0.15) is 5.75 Å². The minimum Gasteiger partial charge on any atom is -0.494 e. The predicted molar refractivity (Wildman–Crippen MR) is 74.0 cm³/mol. The molecule has 1 aromatic carbocycles. The molecule has 0 atom stereocenters. The van der Waals surface area contributed by atoms with Crippen LogP contribution in [-0.2, 0) is 6.54 Å². The molecule has 1 heterocycles. The molecule has 0 fully saturated rings. The Labute approximate surface area is 114 Å². The zero-order chi connectivity index (χ0) is 13.7. The fourth-order valence-electron chi connectivity index (χ4n) is 1.54. The Morgan fingerprint density at radius 2 is 2.37 bits per heavy atom. The molecule has 0 aliphatic heterocycles. The quantitative estimate of drug-likeness (QED) is 0.850. The number of nitrogens with one attached hydrogen (secondary N) is 1. The fraction of sp³-hybridized carbons (Fsp3) is 0.231. The molecule has 0 aliphatic carbocycles. The second-order valence-corrected chi connectivity index (χ2v) is 4.62. The summed E-state index contributed by atoms with van der Waals surface area (Å²) in [5, 5.41) is 13.8. The first-order valence-electron chi connectivity index (χ1n) is 5.83. The molecule has 0 aliphatic rings. The molecule has 0 unspecified atom stereocenters. The van der Waals surface area contributed by atoms with Crippen molar-refractivity contribution in [1.82, 2.24) is 4.98 Å². The molecule has 2 aromatic rings. The van der Waals surface area contributed by atoms with Crippen LogP contribution in [0.5, 0.6) is 5.75 Å². The van der Waals surface area contributed by atoms with Crippen LogP contribution in [-0.4, -0.2) is 22.7 Å². The van der Waals surface area contributed by atoms with Crippen molar-refractivity contribution in [2.45, 2.75) is 13.5 Å². The average molecular weight is 278 g/mol. The van der Waals surface area contributed by atoms with Crippen molar-refractivity contribution in [1.29, 1.82) is 0 Å². The zero-order valence-corrected chi connectivity index (χ0v) is 11.2. The summed E-state index contributed by atoms with van der Waals surface area (Å²) in [5.74, 6) is -0.188. The highest BCUT2D eigenvalue weighted by Gasteiger charge is 2.08. The number of aromatic nitrogens is 1. The lowest BCUT2D eigenvalue weighted by Crippen LogP contribution is -2.02. The number of anilines is 1. The van der Waals surface area contributed by atoms with Crippen LogP contribution in [0.2, 0.25) is 0 Å². The number of hydrogen-bond acceptors (Lipinski definition) is 5. The molecule has 0 saturated heterocycles.